The number of carbonyl (C=O) groups excluding carboxylic acids is 1. The SMILES string of the molecule is C=CCn1c(SCC(=O)c2ccc(C)c(C)c2)nnc1-c1ccncc1. The second-order valence-corrected chi connectivity index (χ2v) is 6.89. The summed E-state index contributed by atoms with van der Waals surface area (Å²) in [7, 11) is 0. The van der Waals surface area contributed by atoms with E-state index in [9.17, 15) is 4.79 Å². The molecule has 6 heteroatoms. The van der Waals surface area contributed by atoms with E-state index in [0.29, 0.717) is 17.5 Å². The van der Waals surface area contributed by atoms with Crippen LogP contribution in [0, 0.1) is 13.8 Å². The lowest BCUT2D eigenvalue weighted by molar-refractivity contribution is 0.102. The molecular weight excluding hydrogens is 344 g/mol. The number of benzene rings is 1. The first-order valence-electron chi connectivity index (χ1n) is 8.28. The Hall–Kier alpha value is -2.73. The Balaban J connectivity index is 1.79. The first kappa shape index (κ1) is 18.1. The van der Waals surface area contributed by atoms with Crippen molar-refractivity contribution in [1.82, 2.24) is 19.7 Å². The molecule has 0 radical (unpaired) electrons. The number of ketones is 1. The smallest absolute Gasteiger partial charge is 0.192 e. The first-order chi connectivity index (χ1) is 12.6. The van der Waals surface area contributed by atoms with Crippen LogP contribution in [0.15, 0.2) is 60.5 Å². The van der Waals surface area contributed by atoms with Gasteiger partial charge in [0.25, 0.3) is 0 Å². The van der Waals surface area contributed by atoms with E-state index in [4.69, 9.17) is 0 Å². The molecule has 5 nitrogen and oxygen atoms in total. The number of carbonyl (C=O) groups is 1. The number of hydrogen-bond acceptors (Lipinski definition) is 5. The molecule has 0 saturated carbocycles. The van der Waals surface area contributed by atoms with Crippen molar-refractivity contribution < 1.29 is 4.79 Å². The van der Waals surface area contributed by atoms with Crippen LogP contribution in [-0.4, -0.2) is 31.3 Å². The molecule has 2 aromatic heterocycles. The van der Waals surface area contributed by atoms with Gasteiger partial charge in [0.1, 0.15) is 0 Å². The molecule has 0 aliphatic rings. The van der Waals surface area contributed by atoms with Crippen molar-refractivity contribution in [3.8, 4) is 11.4 Å². The summed E-state index contributed by atoms with van der Waals surface area (Å²) < 4.78 is 1.96. The van der Waals surface area contributed by atoms with Crippen LogP contribution in [-0.2, 0) is 6.54 Å². The summed E-state index contributed by atoms with van der Waals surface area (Å²) in [5.74, 6) is 1.14. The van der Waals surface area contributed by atoms with Gasteiger partial charge in [0, 0.05) is 30.1 Å². The number of Topliss-reactive ketones (excluding diaryl/α,β-unsaturated/α-hetero) is 1. The number of aromatic nitrogens is 4. The van der Waals surface area contributed by atoms with Gasteiger partial charge in [-0.1, -0.05) is 30.0 Å². The maximum absolute atomic E-state index is 12.5. The Labute approximate surface area is 157 Å². The number of rotatable bonds is 7. The third-order valence-electron chi connectivity index (χ3n) is 4.13. The Morgan fingerprint density at radius 2 is 1.92 bits per heavy atom. The fourth-order valence-electron chi connectivity index (χ4n) is 2.53. The van der Waals surface area contributed by atoms with Crippen LogP contribution in [0.25, 0.3) is 11.4 Å². The first-order valence-corrected chi connectivity index (χ1v) is 9.26. The van der Waals surface area contributed by atoms with Gasteiger partial charge >= 0.3 is 0 Å². The minimum atomic E-state index is 0.0803. The van der Waals surface area contributed by atoms with Crippen molar-refractivity contribution in [3.63, 3.8) is 0 Å². The monoisotopic (exact) mass is 364 g/mol. The second kappa shape index (κ2) is 8.10. The average Bonchev–Trinajstić information content (AvgIpc) is 3.06. The van der Waals surface area contributed by atoms with E-state index in [2.05, 4.69) is 21.8 Å². The summed E-state index contributed by atoms with van der Waals surface area (Å²) in [6.45, 7) is 8.43. The maximum Gasteiger partial charge on any atom is 0.192 e. The number of aryl methyl sites for hydroxylation is 2. The molecule has 132 valence electrons. The van der Waals surface area contributed by atoms with Crippen LogP contribution in [0.4, 0.5) is 0 Å². The number of thioether (sulfide) groups is 1. The summed E-state index contributed by atoms with van der Waals surface area (Å²) in [4.78, 5) is 16.6. The summed E-state index contributed by atoms with van der Waals surface area (Å²) in [5.41, 5.74) is 3.96. The Kier molecular flexibility index (Phi) is 5.63. The highest BCUT2D eigenvalue weighted by Gasteiger charge is 2.15. The van der Waals surface area contributed by atoms with Gasteiger partial charge in [-0.3, -0.25) is 14.3 Å². The summed E-state index contributed by atoms with van der Waals surface area (Å²) in [6, 6.07) is 9.57. The van der Waals surface area contributed by atoms with Gasteiger partial charge in [-0.05, 0) is 43.2 Å². The largest absolute Gasteiger partial charge is 0.298 e. The highest BCUT2D eigenvalue weighted by atomic mass is 32.2. The van der Waals surface area contributed by atoms with Crippen molar-refractivity contribution in [3.05, 3.63) is 72.1 Å². The third-order valence-corrected chi connectivity index (χ3v) is 5.10. The lowest BCUT2D eigenvalue weighted by Crippen LogP contribution is -2.06. The van der Waals surface area contributed by atoms with Crippen LogP contribution in [0.3, 0.4) is 0 Å². The molecule has 0 saturated heterocycles. The summed E-state index contributed by atoms with van der Waals surface area (Å²) in [5, 5.41) is 9.25. The van der Waals surface area contributed by atoms with E-state index in [1.54, 1.807) is 18.5 Å². The van der Waals surface area contributed by atoms with E-state index < -0.39 is 0 Å². The Morgan fingerprint density at radius 3 is 2.62 bits per heavy atom. The van der Waals surface area contributed by atoms with Gasteiger partial charge in [0.05, 0.1) is 5.75 Å². The molecular formula is C20H20N4OS. The van der Waals surface area contributed by atoms with E-state index >= 15 is 0 Å². The van der Waals surface area contributed by atoms with Crippen LogP contribution < -0.4 is 0 Å². The summed E-state index contributed by atoms with van der Waals surface area (Å²) in [6.07, 6.45) is 5.24. The van der Waals surface area contributed by atoms with Crippen molar-refractivity contribution in [2.75, 3.05) is 5.75 Å². The molecule has 0 N–H and O–H groups in total. The molecule has 26 heavy (non-hydrogen) atoms. The standard InChI is InChI=1S/C20H20N4OS/c1-4-11-24-19(16-7-9-21-10-8-16)22-23-20(24)26-13-18(25)17-6-5-14(2)15(3)12-17/h4-10,12H,1,11,13H2,2-3H3. The molecule has 0 spiro atoms. The van der Waals surface area contributed by atoms with Crippen molar-refractivity contribution in [2.24, 2.45) is 0 Å². The van der Waals surface area contributed by atoms with Crippen LogP contribution in [0.5, 0.6) is 0 Å². The molecule has 3 aromatic rings. The molecule has 2 heterocycles. The predicted octanol–water partition coefficient (Wildman–Crippen LogP) is 4.12. The Bertz CT molecular complexity index is 934. The van der Waals surface area contributed by atoms with Gasteiger partial charge in [-0.15, -0.1) is 16.8 Å². The maximum atomic E-state index is 12.5. The zero-order chi connectivity index (χ0) is 18.5. The molecule has 0 atom stereocenters. The second-order valence-electron chi connectivity index (χ2n) is 5.95. The highest BCUT2D eigenvalue weighted by Crippen LogP contribution is 2.24. The Morgan fingerprint density at radius 1 is 1.15 bits per heavy atom. The molecule has 0 unspecified atom stereocenters. The molecule has 0 bridgehead atoms. The lowest BCUT2D eigenvalue weighted by atomic mass is 10.0. The molecule has 3 rings (SSSR count). The van der Waals surface area contributed by atoms with E-state index in [1.165, 1.54) is 17.3 Å². The van der Waals surface area contributed by atoms with Crippen molar-refractivity contribution in [2.45, 2.75) is 25.5 Å². The predicted molar refractivity (Wildman–Crippen MR) is 104 cm³/mol. The number of nitrogens with zero attached hydrogens (tertiary/aromatic N) is 4. The zero-order valence-electron chi connectivity index (χ0n) is 14.8. The minimum Gasteiger partial charge on any atom is -0.298 e. The summed E-state index contributed by atoms with van der Waals surface area (Å²) >= 11 is 1.39. The molecule has 1 aromatic carbocycles. The van der Waals surface area contributed by atoms with Crippen molar-refractivity contribution in [1.29, 1.82) is 0 Å². The van der Waals surface area contributed by atoms with E-state index in [0.717, 1.165) is 22.5 Å². The fourth-order valence-corrected chi connectivity index (χ4v) is 3.37. The third kappa shape index (κ3) is 3.91. The lowest BCUT2D eigenvalue weighted by Gasteiger charge is -2.08. The molecule has 0 amide bonds. The van der Waals surface area contributed by atoms with Gasteiger partial charge < -0.3 is 0 Å². The van der Waals surface area contributed by atoms with Crippen LogP contribution in [0.1, 0.15) is 21.5 Å². The van der Waals surface area contributed by atoms with Gasteiger partial charge in [0.15, 0.2) is 16.8 Å². The van der Waals surface area contributed by atoms with Crippen LogP contribution in [0.2, 0.25) is 0 Å². The average molecular weight is 364 g/mol. The van der Waals surface area contributed by atoms with E-state index in [1.807, 2.05) is 48.7 Å². The normalized spacial score (nSPS) is 10.7. The molecule has 0 aliphatic heterocycles. The van der Waals surface area contributed by atoms with Gasteiger partial charge in [-0.2, -0.15) is 0 Å². The fraction of sp³-hybridized carbons (Fsp3) is 0.200. The topological polar surface area (TPSA) is 60.7 Å². The molecule has 0 aliphatic carbocycles. The number of allylic oxidation sites excluding steroid dienone is 1. The molecule has 0 fully saturated rings. The number of pyridine rings is 1. The quantitative estimate of drug-likeness (QED) is 0.359. The van der Waals surface area contributed by atoms with E-state index in [-0.39, 0.29) is 5.78 Å². The minimum absolute atomic E-state index is 0.0803. The van der Waals surface area contributed by atoms with Gasteiger partial charge in [-0.25, -0.2) is 0 Å². The van der Waals surface area contributed by atoms with Gasteiger partial charge in [0.2, 0.25) is 0 Å². The van der Waals surface area contributed by atoms with Crippen LogP contribution >= 0.6 is 11.8 Å². The number of hydrogen-bond donors (Lipinski definition) is 0. The highest BCUT2D eigenvalue weighted by molar-refractivity contribution is 7.99. The zero-order valence-corrected chi connectivity index (χ0v) is 15.7. The van der Waals surface area contributed by atoms with Crippen molar-refractivity contribution >= 4 is 17.5 Å².